The van der Waals surface area contributed by atoms with Crippen molar-refractivity contribution >= 4 is 17.1 Å². The van der Waals surface area contributed by atoms with E-state index < -0.39 is 0 Å². The molecular formula is C41H31N5. The Morgan fingerprint density at radius 1 is 0.435 bits per heavy atom. The first kappa shape index (κ1) is 27.5. The van der Waals surface area contributed by atoms with Crippen molar-refractivity contribution < 1.29 is 0 Å². The summed E-state index contributed by atoms with van der Waals surface area (Å²) in [6.45, 7) is 2.20. The molecule has 1 aliphatic heterocycles. The van der Waals surface area contributed by atoms with Gasteiger partial charge in [0.25, 0.3) is 0 Å². The van der Waals surface area contributed by atoms with Crippen molar-refractivity contribution in [1.29, 1.82) is 0 Å². The van der Waals surface area contributed by atoms with E-state index in [0.717, 1.165) is 44.8 Å². The predicted octanol–water partition coefficient (Wildman–Crippen LogP) is 10.1. The third-order valence-electron chi connectivity index (χ3n) is 8.43. The molecule has 2 heterocycles. The number of fused-ring (bicyclic) bond motifs is 1. The van der Waals surface area contributed by atoms with Gasteiger partial charge in [0.1, 0.15) is 6.17 Å². The van der Waals surface area contributed by atoms with Gasteiger partial charge in [0.2, 0.25) is 0 Å². The molecule has 5 heteroatoms. The lowest BCUT2D eigenvalue weighted by Gasteiger charge is -2.27. The monoisotopic (exact) mass is 593 g/mol. The first-order chi connectivity index (χ1) is 22.7. The standard InChI is InChI=1S/C41H31N5/c1-28-42-36-24-11-13-26-38(36)46(28)37-25-12-10-22-34(37)32-20-14-19-31(27-32)33-21-8-9-23-35(33)41-44-39(29-15-4-2-5-16-29)43-40(45-41)30-17-6-3-7-18-30/h2-28,42H,1H3. The molecule has 1 aromatic heterocycles. The van der Waals surface area contributed by atoms with Crippen LogP contribution in [0.5, 0.6) is 0 Å². The average molecular weight is 594 g/mol. The SMILES string of the molecule is CC1Nc2ccccc2N1c1ccccc1-c1cccc(-c2ccccc2-c2nc(-c3ccccc3)nc(-c3ccccc3)n2)c1. The number of para-hydroxylation sites is 3. The van der Waals surface area contributed by atoms with Gasteiger partial charge in [0, 0.05) is 22.3 Å². The maximum atomic E-state index is 5.03. The van der Waals surface area contributed by atoms with E-state index in [1.54, 1.807) is 0 Å². The average Bonchev–Trinajstić information content (AvgIpc) is 3.47. The topological polar surface area (TPSA) is 53.9 Å². The van der Waals surface area contributed by atoms with E-state index in [1.165, 1.54) is 11.3 Å². The number of rotatable bonds is 6. The molecule has 46 heavy (non-hydrogen) atoms. The van der Waals surface area contributed by atoms with E-state index in [2.05, 4.69) is 108 Å². The zero-order valence-corrected chi connectivity index (χ0v) is 25.4. The Bertz CT molecular complexity index is 2100. The Morgan fingerprint density at radius 3 is 1.59 bits per heavy atom. The van der Waals surface area contributed by atoms with Crippen molar-refractivity contribution in [2.75, 3.05) is 10.2 Å². The van der Waals surface area contributed by atoms with Gasteiger partial charge in [-0.05, 0) is 47.9 Å². The summed E-state index contributed by atoms with van der Waals surface area (Å²) in [6.07, 6.45) is 0.129. The maximum Gasteiger partial charge on any atom is 0.164 e. The lowest BCUT2D eigenvalue weighted by molar-refractivity contribution is 0.843. The molecule has 0 radical (unpaired) electrons. The molecule has 5 nitrogen and oxygen atoms in total. The van der Waals surface area contributed by atoms with Crippen molar-refractivity contribution in [3.63, 3.8) is 0 Å². The first-order valence-electron chi connectivity index (χ1n) is 15.5. The fourth-order valence-corrected chi connectivity index (χ4v) is 6.28. The van der Waals surface area contributed by atoms with E-state index in [-0.39, 0.29) is 6.17 Å². The smallest absolute Gasteiger partial charge is 0.164 e. The molecule has 0 saturated carbocycles. The summed E-state index contributed by atoms with van der Waals surface area (Å²) in [5.41, 5.74) is 10.8. The number of nitrogens with one attached hydrogen (secondary N) is 1. The Labute approximate surface area is 268 Å². The van der Waals surface area contributed by atoms with Crippen LogP contribution in [0.4, 0.5) is 17.1 Å². The van der Waals surface area contributed by atoms with Gasteiger partial charge in [-0.2, -0.15) is 0 Å². The first-order valence-corrected chi connectivity index (χ1v) is 15.5. The number of hydrogen-bond donors (Lipinski definition) is 1. The minimum atomic E-state index is 0.129. The molecule has 0 saturated heterocycles. The quantitative estimate of drug-likeness (QED) is 0.208. The van der Waals surface area contributed by atoms with Crippen LogP contribution >= 0.6 is 0 Å². The van der Waals surface area contributed by atoms with Gasteiger partial charge in [-0.1, -0.05) is 133 Å². The van der Waals surface area contributed by atoms with Gasteiger partial charge >= 0.3 is 0 Å². The van der Waals surface area contributed by atoms with E-state index in [1.807, 2.05) is 66.7 Å². The zero-order chi connectivity index (χ0) is 30.9. The predicted molar refractivity (Wildman–Crippen MR) is 189 cm³/mol. The second-order valence-electron chi connectivity index (χ2n) is 11.4. The van der Waals surface area contributed by atoms with Crippen molar-refractivity contribution in [2.24, 2.45) is 0 Å². The molecule has 0 fully saturated rings. The molecule has 0 aliphatic carbocycles. The molecule has 1 aliphatic rings. The minimum absolute atomic E-state index is 0.129. The van der Waals surface area contributed by atoms with Gasteiger partial charge in [0.15, 0.2) is 17.5 Å². The highest BCUT2D eigenvalue weighted by Crippen LogP contribution is 2.44. The Morgan fingerprint density at radius 2 is 0.913 bits per heavy atom. The number of anilines is 3. The summed E-state index contributed by atoms with van der Waals surface area (Å²) in [6, 6.07) is 54.5. The van der Waals surface area contributed by atoms with Crippen LogP contribution < -0.4 is 10.2 Å². The number of aromatic nitrogens is 3. The van der Waals surface area contributed by atoms with Crippen LogP contribution in [0.3, 0.4) is 0 Å². The summed E-state index contributed by atoms with van der Waals surface area (Å²) in [5, 5.41) is 3.63. The fourth-order valence-electron chi connectivity index (χ4n) is 6.28. The summed E-state index contributed by atoms with van der Waals surface area (Å²) in [4.78, 5) is 17.3. The normalized spacial score (nSPS) is 13.7. The number of nitrogens with zero attached hydrogens (tertiary/aromatic N) is 4. The molecule has 0 spiro atoms. The fraction of sp³-hybridized carbons (Fsp3) is 0.0488. The molecule has 220 valence electrons. The van der Waals surface area contributed by atoms with Crippen LogP contribution in [0.1, 0.15) is 6.92 Å². The number of benzene rings is 6. The van der Waals surface area contributed by atoms with Gasteiger partial charge in [-0.15, -0.1) is 0 Å². The van der Waals surface area contributed by atoms with Crippen LogP contribution in [0.2, 0.25) is 0 Å². The largest absolute Gasteiger partial charge is 0.363 e. The molecule has 6 aromatic carbocycles. The molecular weight excluding hydrogens is 562 g/mol. The zero-order valence-electron chi connectivity index (χ0n) is 25.4. The summed E-state index contributed by atoms with van der Waals surface area (Å²) >= 11 is 0. The van der Waals surface area contributed by atoms with Crippen molar-refractivity contribution in [1.82, 2.24) is 15.0 Å². The van der Waals surface area contributed by atoms with Crippen LogP contribution in [-0.4, -0.2) is 21.1 Å². The second kappa shape index (κ2) is 11.8. The molecule has 0 bridgehead atoms. The van der Waals surface area contributed by atoms with Crippen molar-refractivity contribution in [3.05, 3.63) is 158 Å². The molecule has 1 unspecified atom stereocenters. The van der Waals surface area contributed by atoms with E-state index in [0.29, 0.717) is 17.5 Å². The summed E-state index contributed by atoms with van der Waals surface area (Å²) < 4.78 is 0. The Hall–Kier alpha value is -6.07. The second-order valence-corrected chi connectivity index (χ2v) is 11.4. The van der Waals surface area contributed by atoms with Crippen LogP contribution in [0.15, 0.2) is 158 Å². The van der Waals surface area contributed by atoms with Crippen molar-refractivity contribution in [2.45, 2.75) is 13.1 Å². The maximum absolute atomic E-state index is 5.03. The van der Waals surface area contributed by atoms with Gasteiger partial charge in [0.05, 0.1) is 17.1 Å². The highest BCUT2D eigenvalue weighted by Gasteiger charge is 2.28. The van der Waals surface area contributed by atoms with E-state index in [4.69, 9.17) is 15.0 Å². The van der Waals surface area contributed by atoms with Gasteiger partial charge in [-0.3, -0.25) is 0 Å². The van der Waals surface area contributed by atoms with Gasteiger partial charge in [-0.25, -0.2) is 15.0 Å². The Balaban J connectivity index is 1.25. The molecule has 7 aromatic rings. The van der Waals surface area contributed by atoms with Crippen LogP contribution in [0.25, 0.3) is 56.4 Å². The molecule has 0 amide bonds. The highest BCUT2D eigenvalue weighted by atomic mass is 15.3. The van der Waals surface area contributed by atoms with E-state index >= 15 is 0 Å². The van der Waals surface area contributed by atoms with Gasteiger partial charge < -0.3 is 10.2 Å². The third-order valence-corrected chi connectivity index (χ3v) is 8.43. The Kier molecular flexibility index (Phi) is 7.04. The molecule has 1 N–H and O–H groups in total. The summed E-state index contributed by atoms with van der Waals surface area (Å²) in [7, 11) is 0. The van der Waals surface area contributed by atoms with Crippen LogP contribution in [-0.2, 0) is 0 Å². The third kappa shape index (κ3) is 5.08. The lowest BCUT2D eigenvalue weighted by atomic mass is 9.94. The summed E-state index contributed by atoms with van der Waals surface area (Å²) in [5.74, 6) is 1.94. The van der Waals surface area contributed by atoms with E-state index in [9.17, 15) is 0 Å². The minimum Gasteiger partial charge on any atom is -0.363 e. The molecule has 1 atom stereocenters. The molecule has 8 rings (SSSR count). The lowest BCUT2D eigenvalue weighted by Crippen LogP contribution is -2.28. The number of hydrogen-bond acceptors (Lipinski definition) is 5. The van der Waals surface area contributed by atoms with Crippen molar-refractivity contribution in [3.8, 4) is 56.4 Å². The highest BCUT2D eigenvalue weighted by molar-refractivity contribution is 5.91. The van der Waals surface area contributed by atoms with Crippen LogP contribution in [0, 0.1) is 0 Å².